The standard InChI is InChI=1S/C29H28FN5O/c1-35-17-6-5-12-27(35)28(21-9-3-2-4-10-21)32-29(36)31-23-14-16-26-24(19-23)25(33-34-26)15-13-20-8-7-11-22(30)18-20/h2-4,7-11,14,16,18-19,27-28H,5-6,12,17H2,1H3,(H,33,34)(H2,31,32,36). The maximum atomic E-state index is 13.5. The fourth-order valence-electron chi connectivity index (χ4n) is 4.78. The molecule has 182 valence electrons. The number of hydrogen-bond acceptors (Lipinski definition) is 3. The summed E-state index contributed by atoms with van der Waals surface area (Å²) in [5.41, 5.74) is 3.64. The maximum Gasteiger partial charge on any atom is 0.319 e. The zero-order chi connectivity index (χ0) is 24.9. The summed E-state index contributed by atoms with van der Waals surface area (Å²) in [5.74, 6) is 5.65. The first kappa shape index (κ1) is 23.6. The van der Waals surface area contributed by atoms with Gasteiger partial charge < -0.3 is 15.5 Å². The van der Waals surface area contributed by atoms with Crippen molar-refractivity contribution in [1.82, 2.24) is 20.4 Å². The Morgan fingerprint density at radius 2 is 1.94 bits per heavy atom. The first-order chi connectivity index (χ1) is 17.6. The van der Waals surface area contributed by atoms with Crippen molar-refractivity contribution >= 4 is 22.6 Å². The van der Waals surface area contributed by atoms with Crippen LogP contribution in [0.1, 0.15) is 42.1 Å². The molecule has 4 aromatic rings. The molecule has 3 N–H and O–H groups in total. The predicted molar refractivity (Wildman–Crippen MR) is 140 cm³/mol. The van der Waals surface area contributed by atoms with E-state index in [2.05, 4.69) is 56.8 Å². The first-order valence-corrected chi connectivity index (χ1v) is 12.2. The third-order valence-electron chi connectivity index (χ3n) is 6.63. The van der Waals surface area contributed by atoms with E-state index >= 15 is 0 Å². The Morgan fingerprint density at radius 1 is 1.08 bits per heavy atom. The highest BCUT2D eigenvalue weighted by atomic mass is 19.1. The molecule has 1 aliphatic rings. The monoisotopic (exact) mass is 481 g/mol. The summed E-state index contributed by atoms with van der Waals surface area (Å²) in [5, 5.41) is 14.2. The van der Waals surface area contributed by atoms with E-state index in [9.17, 15) is 9.18 Å². The molecule has 1 aliphatic heterocycles. The number of carbonyl (C=O) groups excluding carboxylic acids is 1. The Morgan fingerprint density at radius 3 is 2.75 bits per heavy atom. The molecule has 0 radical (unpaired) electrons. The molecule has 0 spiro atoms. The number of amides is 2. The van der Waals surface area contributed by atoms with Gasteiger partial charge in [-0.25, -0.2) is 9.18 Å². The number of anilines is 1. The van der Waals surface area contributed by atoms with Gasteiger partial charge in [0.15, 0.2) is 0 Å². The van der Waals surface area contributed by atoms with E-state index in [1.165, 1.54) is 18.6 Å². The summed E-state index contributed by atoms with van der Waals surface area (Å²) in [4.78, 5) is 15.5. The molecule has 7 heteroatoms. The van der Waals surface area contributed by atoms with Gasteiger partial charge in [0, 0.05) is 22.7 Å². The third kappa shape index (κ3) is 5.40. The van der Waals surface area contributed by atoms with Gasteiger partial charge in [0.25, 0.3) is 0 Å². The molecule has 6 nitrogen and oxygen atoms in total. The van der Waals surface area contributed by atoms with Gasteiger partial charge in [0.05, 0.1) is 11.6 Å². The van der Waals surface area contributed by atoms with Gasteiger partial charge in [-0.3, -0.25) is 5.10 Å². The topological polar surface area (TPSA) is 73.1 Å². The second kappa shape index (κ2) is 10.6. The summed E-state index contributed by atoms with van der Waals surface area (Å²) in [6.07, 6.45) is 3.36. The van der Waals surface area contributed by atoms with Crippen LogP contribution in [0.4, 0.5) is 14.9 Å². The molecule has 5 rings (SSSR count). The molecule has 0 saturated carbocycles. The number of nitrogens with one attached hydrogen (secondary N) is 3. The Hall–Kier alpha value is -4.15. The quantitative estimate of drug-likeness (QED) is 0.340. The normalized spacial score (nSPS) is 16.7. The van der Waals surface area contributed by atoms with Crippen LogP contribution in [-0.4, -0.2) is 40.8 Å². The Labute approximate surface area is 209 Å². The molecule has 2 heterocycles. The Balaban J connectivity index is 1.35. The summed E-state index contributed by atoms with van der Waals surface area (Å²) < 4.78 is 13.5. The second-order valence-electron chi connectivity index (χ2n) is 9.12. The molecule has 1 saturated heterocycles. The number of carbonyl (C=O) groups is 1. The maximum absolute atomic E-state index is 13.5. The van der Waals surface area contributed by atoms with E-state index in [1.54, 1.807) is 12.1 Å². The van der Waals surface area contributed by atoms with Crippen LogP contribution >= 0.6 is 0 Å². The number of urea groups is 1. The molecule has 36 heavy (non-hydrogen) atoms. The zero-order valence-electron chi connectivity index (χ0n) is 20.1. The minimum absolute atomic E-state index is 0.123. The highest BCUT2D eigenvalue weighted by molar-refractivity contribution is 5.94. The average molecular weight is 482 g/mol. The zero-order valence-corrected chi connectivity index (χ0v) is 20.1. The summed E-state index contributed by atoms with van der Waals surface area (Å²) in [6, 6.07) is 21.6. The molecule has 1 fully saturated rings. The number of aromatic amines is 1. The molecular formula is C29H28FN5O. The van der Waals surface area contributed by atoms with Crippen molar-refractivity contribution in [2.75, 3.05) is 18.9 Å². The van der Waals surface area contributed by atoms with Crippen molar-refractivity contribution in [2.45, 2.75) is 31.3 Å². The molecule has 2 amide bonds. The van der Waals surface area contributed by atoms with Crippen LogP contribution in [0, 0.1) is 17.7 Å². The fourth-order valence-corrected chi connectivity index (χ4v) is 4.78. The van der Waals surface area contributed by atoms with Crippen LogP contribution in [0.3, 0.4) is 0 Å². The number of fused-ring (bicyclic) bond motifs is 1. The van der Waals surface area contributed by atoms with Gasteiger partial charge in [-0.05, 0) is 74.3 Å². The second-order valence-corrected chi connectivity index (χ2v) is 9.12. The highest BCUT2D eigenvalue weighted by Crippen LogP contribution is 2.28. The summed E-state index contributed by atoms with van der Waals surface area (Å²) >= 11 is 0. The molecule has 2 unspecified atom stereocenters. The lowest BCUT2D eigenvalue weighted by atomic mass is 9.91. The number of halogens is 1. The third-order valence-corrected chi connectivity index (χ3v) is 6.63. The number of hydrogen-bond donors (Lipinski definition) is 3. The molecule has 2 atom stereocenters. The minimum Gasteiger partial charge on any atom is -0.329 e. The van der Waals surface area contributed by atoms with Crippen molar-refractivity contribution in [3.8, 4) is 11.8 Å². The van der Waals surface area contributed by atoms with Gasteiger partial charge in [0.2, 0.25) is 0 Å². The number of likely N-dealkylation sites (tertiary alicyclic amines) is 1. The predicted octanol–water partition coefficient (Wildman–Crippen LogP) is 5.45. The van der Waals surface area contributed by atoms with Gasteiger partial charge >= 0.3 is 6.03 Å². The Bertz CT molecular complexity index is 1420. The van der Waals surface area contributed by atoms with Crippen molar-refractivity contribution in [2.24, 2.45) is 0 Å². The summed E-state index contributed by atoms with van der Waals surface area (Å²) in [7, 11) is 2.12. The van der Waals surface area contributed by atoms with Gasteiger partial charge in [0.1, 0.15) is 11.5 Å². The number of benzene rings is 3. The van der Waals surface area contributed by atoms with Crippen LogP contribution < -0.4 is 10.6 Å². The van der Waals surface area contributed by atoms with Crippen LogP contribution in [0.5, 0.6) is 0 Å². The minimum atomic E-state index is -0.331. The van der Waals surface area contributed by atoms with Crippen LogP contribution in [0.15, 0.2) is 72.8 Å². The largest absolute Gasteiger partial charge is 0.329 e. The summed E-state index contributed by atoms with van der Waals surface area (Å²) in [6.45, 7) is 1.02. The molecule has 3 aromatic carbocycles. The number of piperidine rings is 1. The number of H-pyrrole nitrogens is 1. The van der Waals surface area contributed by atoms with Crippen molar-refractivity contribution < 1.29 is 9.18 Å². The molecular weight excluding hydrogens is 453 g/mol. The number of rotatable bonds is 4. The smallest absolute Gasteiger partial charge is 0.319 e. The lowest BCUT2D eigenvalue weighted by molar-refractivity contribution is 0.147. The van der Waals surface area contributed by atoms with Crippen molar-refractivity contribution in [1.29, 1.82) is 0 Å². The van der Waals surface area contributed by atoms with E-state index in [0.717, 1.165) is 35.9 Å². The lowest BCUT2D eigenvalue weighted by Gasteiger charge is -2.38. The van der Waals surface area contributed by atoms with Gasteiger partial charge in [-0.1, -0.05) is 48.7 Å². The fraction of sp³-hybridized carbons (Fsp3) is 0.241. The van der Waals surface area contributed by atoms with E-state index in [0.29, 0.717) is 16.9 Å². The molecule has 0 aliphatic carbocycles. The SMILES string of the molecule is CN1CCCCC1C(NC(=O)Nc1ccc2n[nH]c(C#Cc3cccc(F)c3)c2c1)c1ccccc1. The van der Waals surface area contributed by atoms with Crippen LogP contribution in [-0.2, 0) is 0 Å². The number of nitrogens with zero attached hydrogens (tertiary/aromatic N) is 2. The molecule has 0 bridgehead atoms. The Kier molecular flexibility index (Phi) is 6.96. The van der Waals surface area contributed by atoms with Crippen molar-refractivity contribution in [3.05, 3.63) is 95.4 Å². The average Bonchev–Trinajstić information content (AvgIpc) is 3.29. The van der Waals surface area contributed by atoms with Crippen LogP contribution in [0.2, 0.25) is 0 Å². The first-order valence-electron chi connectivity index (χ1n) is 12.2. The lowest BCUT2D eigenvalue weighted by Crippen LogP contribution is -2.47. The van der Waals surface area contributed by atoms with E-state index in [-0.39, 0.29) is 23.9 Å². The molecule has 1 aromatic heterocycles. The van der Waals surface area contributed by atoms with Crippen LogP contribution in [0.25, 0.3) is 10.9 Å². The highest BCUT2D eigenvalue weighted by Gasteiger charge is 2.30. The van der Waals surface area contributed by atoms with Gasteiger partial charge in [-0.2, -0.15) is 5.10 Å². The van der Waals surface area contributed by atoms with E-state index in [4.69, 9.17) is 0 Å². The van der Waals surface area contributed by atoms with E-state index in [1.807, 2.05) is 36.4 Å². The van der Waals surface area contributed by atoms with Gasteiger partial charge in [-0.15, -0.1) is 0 Å². The van der Waals surface area contributed by atoms with Crippen molar-refractivity contribution in [3.63, 3.8) is 0 Å². The number of likely N-dealkylation sites (N-methyl/N-ethyl adjacent to an activating group) is 1. The van der Waals surface area contributed by atoms with E-state index < -0.39 is 0 Å². The number of aromatic nitrogens is 2.